The molecule has 0 saturated carbocycles. The van der Waals surface area contributed by atoms with Crippen molar-refractivity contribution < 1.29 is 14.3 Å². The highest BCUT2D eigenvalue weighted by Gasteiger charge is 2.27. The highest BCUT2D eigenvalue weighted by Crippen LogP contribution is 2.15. The minimum absolute atomic E-state index is 0.128. The van der Waals surface area contributed by atoms with Crippen LogP contribution < -0.4 is 10.6 Å². The molecule has 2 N–H and O–H groups in total. The third-order valence-electron chi connectivity index (χ3n) is 4.03. The molecule has 2 fully saturated rings. The summed E-state index contributed by atoms with van der Waals surface area (Å²) in [6.45, 7) is 8.32. The van der Waals surface area contributed by atoms with E-state index in [1.165, 1.54) is 0 Å². The smallest absolute Gasteiger partial charge is 0.407 e. The number of carbonyl (C=O) groups excluding carboxylic acids is 2. The minimum atomic E-state index is -0.467. The van der Waals surface area contributed by atoms with E-state index in [9.17, 15) is 9.59 Å². The van der Waals surface area contributed by atoms with Gasteiger partial charge in [-0.2, -0.15) is 0 Å². The molecule has 0 aromatic rings. The van der Waals surface area contributed by atoms with Crippen LogP contribution in [0.5, 0.6) is 0 Å². The molecule has 2 atom stereocenters. The molecule has 2 heterocycles. The number of nitrogens with one attached hydrogen (secondary N) is 2. The largest absolute Gasteiger partial charge is 0.444 e. The monoisotopic (exact) mass is 311 g/mol. The number of nitrogens with zero attached hydrogens (tertiary/aromatic N) is 1. The summed E-state index contributed by atoms with van der Waals surface area (Å²) in [5, 5.41) is 6.02. The van der Waals surface area contributed by atoms with Crippen molar-refractivity contribution in [3.63, 3.8) is 0 Å². The van der Waals surface area contributed by atoms with Gasteiger partial charge in [-0.05, 0) is 53.0 Å². The Morgan fingerprint density at radius 1 is 1.36 bits per heavy atom. The maximum atomic E-state index is 11.9. The third kappa shape index (κ3) is 5.83. The van der Waals surface area contributed by atoms with Crippen LogP contribution in [0.2, 0.25) is 0 Å². The number of hydrogen-bond donors (Lipinski definition) is 2. The number of ether oxygens (including phenoxy) is 1. The summed E-state index contributed by atoms with van der Waals surface area (Å²) in [7, 11) is 0. The molecule has 2 aliphatic rings. The van der Waals surface area contributed by atoms with Crippen LogP contribution in [0, 0.1) is 0 Å². The Balaban J connectivity index is 1.76. The summed E-state index contributed by atoms with van der Waals surface area (Å²) in [5.41, 5.74) is -0.467. The average molecular weight is 311 g/mol. The number of amides is 2. The van der Waals surface area contributed by atoms with Gasteiger partial charge in [-0.25, -0.2) is 4.79 Å². The van der Waals surface area contributed by atoms with Gasteiger partial charge in [-0.3, -0.25) is 9.69 Å². The Kier molecular flexibility index (Phi) is 5.67. The van der Waals surface area contributed by atoms with Gasteiger partial charge in [0.15, 0.2) is 0 Å². The molecule has 2 saturated heterocycles. The first kappa shape index (κ1) is 17.1. The lowest BCUT2D eigenvalue weighted by Gasteiger charge is -2.36. The van der Waals surface area contributed by atoms with Crippen molar-refractivity contribution in [2.75, 3.05) is 19.6 Å². The van der Waals surface area contributed by atoms with Crippen LogP contribution in [-0.4, -0.2) is 54.2 Å². The van der Waals surface area contributed by atoms with E-state index in [0.717, 1.165) is 45.3 Å². The maximum absolute atomic E-state index is 11.9. The fourth-order valence-electron chi connectivity index (χ4n) is 3.14. The number of likely N-dealkylation sites (tertiary alicyclic amines) is 1. The van der Waals surface area contributed by atoms with E-state index in [4.69, 9.17) is 4.74 Å². The number of carbonyl (C=O) groups is 2. The first-order chi connectivity index (χ1) is 10.3. The van der Waals surface area contributed by atoms with Crippen LogP contribution in [0.1, 0.15) is 52.9 Å². The molecule has 6 nitrogen and oxygen atoms in total. The molecule has 0 aromatic heterocycles. The lowest BCUT2D eigenvalue weighted by atomic mass is 10.0. The van der Waals surface area contributed by atoms with Gasteiger partial charge in [0.2, 0.25) is 5.91 Å². The second-order valence-electron chi connectivity index (χ2n) is 7.40. The van der Waals surface area contributed by atoms with Crippen molar-refractivity contribution in [2.24, 2.45) is 0 Å². The molecular weight excluding hydrogens is 282 g/mol. The molecule has 1 unspecified atom stereocenters. The highest BCUT2D eigenvalue weighted by molar-refractivity contribution is 5.76. The quantitative estimate of drug-likeness (QED) is 0.831. The third-order valence-corrected chi connectivity index (χ3v) is 4.03. The average Bonchev–Trinajstić information content (AvgIpc) is 2.36. The van der Waals surface area contributed by atoms with Crippen molar-refractivity contribution in [3.8, 4) is 0 Å². The molecule has 126 valence electrons. The van der Waals surface area contributed by atoms with Crippen LogP contribution >= 0.6 is 0 Å². The summed E-state index contributed by atoms with van der Waals surface area (Å²) in [4.78, 5) is 25.6. The Hall–Kier alpha value is -1.30. The zero-order valence-corrected chi connectivity index (χ0v) is 14.0. The van der Waals surface area contributed by atoms with E-state index >= 15 is 0 Å². The summed E-state index contributed by atoms with van der Waals surface area (Å²) >= 11 is 0. The first-order valence-corrected chi connectivity index (χ1v) is 8.33. The number of hydrogen-bond acceptors (Lipinski definition) is 4. The van der Waals surface area contributed by atoms with Crippen molar-refractivity contribution in [3.05, 3.63) is 0 Å². The van der Waals surface area contributed by atoms with Gasteiger partial charge >= 0.3 is 6.09 Å². The Morgan fingerprint density at radius 3 is 2.82 bits per heavy atom. The van der Waals surface area contributed by atoms with E-state index in [0.29, 0.717) is 6.42 Å². The van der Waals surface area contributed by atoms with E-state index in [1.807, 2.05) is 20.8 Å². The van der Waals surface area contributed by atoms with E-state index in [2.05, 4.69) is 15.5 Å². The molecule has 0 spiro atoms. The summed E-state index contributed by atoms with van der Waals surface area (Å²) in [6.07, 6.45) is 4.37. The van der Waals surface area contributed by atoms with Crippen molar-refractivity contribution in [1.82, 2.24) is 15.5 Å². The maximum Gasteiger partial charge on any atom is 0.407 e. The van der Waals surface area contributed by atoms with Gasteiger partial charge in [-0.1, -0.05) is 0 Å². The van der Waals surface area contributed by atoms with Gasteiger partial charge in [-0.15, -0.1) is 0 Å². The molecule has 2 rings (SSSR count). The SMILES string of the molecule is CC(C)(C)OC(=O)N[C@@H]1CCCN(CC2CCCC(=O)N2)C1. The molecule has 6 heteroatoms. The van der Waals surface area contributed by atoms with Gasteiger partial charge in [0.25, 0.3) is 0 Å². The second kappa shape index (κ2) is 7.31. The zero-order chi connectivity index (χ0) is 16.2. The summed E-state index contributed by atoms with van der Waals surface area (Å²) in [5.74, 6) is 0.164. The van der Waals surface area contributed by atoms with E-state index < -0.39 is 5.60 Å². The fourth-order valence-corrected chi connectivity index (χ4v) is 3.14. The van der Waals surface area contributed by atoms with E-state index in [1.54, 1.807) is 0 Å². The first-order valence-electron chi connectivity index (χ1n) is 8.33. The van der Waals surface area contributed by atoms with Gasteiger partial charge in [0.05, 0.1) is 0 Å². The number of piperidine rings is 2. The van der Waals surface area contributed by atoms with Crippen molar-refractivity contribution >= 4 is 12.0 Å². The Morgan fingerprint density at radius 2 is 2.14 bits per heavy atom. The van der Waals surface area contributed by atoms with Crippen LogP contribution in [0.15, 0.2) is 0 Å². The van der Waals surface area contributed by atoms with Gasteiger partial charge in [0.1, 0.15) is 5.60 Å². The van der Waals surface area contributed by atoms with Crippen molar-refractivity contribution in [1.29, 1.82) is 0 Å². The lowest BCUT2D eigenvalue weighted by molar-refractivity contribution is -0.123. The van der Waals surface area contributed by atoms with Crippen LogP contribution in [-0.2, 0) is 9.53 Å². The number of rotatable bonds is 3. The molecule has 0 radical (unpaired) electrons. The molecular formula is C16H29N3O3. The second-order valence-corrected chi connectivity index (χ2v) is 7.40. The summed E-state index contributed by atoms with van der Waals surface area (Å²) in [6, 6.07) is 0.379. The predicted molar refractivity (Wildman–Crippen MR) is 84.6 cm³/mol. The molecule has 2 amide bonds. The highest BCUT2D eigenvalue weighted by atomic mass is 16.6. The van der Waals surface area contributed by atoms with Crippen LogP contribution in [0.3, 0.4) is 0 Å². The standard InChI is InChI=1S/C16H29N3O3/c1-16(2,3)22-15(21)18-13-7-5-9-19(11-13)10-12-6-4-8-14(20)17-12/h12-13H,4-11H2,1-3H3,(H,17,20)(H,18,21)/t12?,13-/m1/s1. The summed E-state index contributed by atoms with van der Waals surface area (Å²) < 4.78 is 5.31. The topological polar surface area (TPSA) is 70.7 Å². The minimum Gasteiger partial charge on any atom is -0.444 e. The fraction of sp³-hybridized carbons (Fsp3) is 0.875. The van der Waals surface area contributed by atoms with Gasteiger partial charge < -0.3 is 15.4 Å². The lowest BCUT2D eigenvalue weighted by Crippen LogP contribution is -2.53. The normalized spacial score (nSPS) is 27.1. The van der Waals surface area contributed by atoms with Crippen molar-refractivity contribution in [2.45, 2.75) is 70.6 Å². The molecule has 0 aromatic carbocycles. The van der Waals surface area contributed by atoms with Gasteiger partial charge in [0, 0.05) is 31.6 Å². The van der Waals surface area contributed by atoms with Crippen LogP contribution in [0.4, 0.5) is 4.79 Å². The van der Waals surface area contributed by atoms with Crippen LogP contribution in [0.25, 0.3) is 0 Å². The molecule has 22 heavy (non-hydrogen) atoms. The van der Waals surface area contributed by atoms with E-state index in [-0.39, 0.29) is 24.1 Å². The molecule has 2 aliphatic heterocycles. The Labute approximate surface area is 132 Å². The Bertz CT molecular complexity index is 406. The predicted octanol–water partition coefficient (Wildman–Crippen LogP) is 1.64. The zero-order valence-electron chi connectivity index (χ0n) is 14.0. The molecule has 0 aliphatic carbocycles. The number of alkyl carbamates (subject to hydrolysis) is 1. The molecule has 0 bridgehead atoms.